The average molecular weight is 416 g/mol. The number of benzene rings is 2. The van der Waals surface area contributed by atoms with Crippen LogP contribution in [0.4, 0.5) is 8.78 Å². The molecule has 1 N–H and O–H groups in total. The van der Waals surface area contributed by atoms with E-state index in [1.807, 2.05) is 0 Å². The minimum atomic E-state index is -1.07. The lowest BCUT2D eigenvalue weighted by atomic mass is 9.93. The van der Waals surface area contributed by atoms with Gasteiger partial charge >= 0.3 is 5.97 Å². The molecule has 5 nitrogen and oxygen atoms in total. The molecule has 2 aromatic rings. The van der Waals surface area contributed by atoms with Crippen LogP contribution < -0.4 is 14.2 Å². The van der Waals surface area contributed by atoms with E-state index >= 15 is 0 Å². The van der Waals surface area contributed by atoms with Gasteiger partial charge in [0.15, 0.2) is 11.5 Å². The fraction of sp³-hybridized carbons (Fsp3) is 0.261. The number of ether oxygens (including phenoxy) is 3. The number of rotatable bonds is 6. The molecule has 2 aromatic carbocycles. The first-order valence-corrected chi connectivity index (χ1v) is 9.18. The van der Waals surface area contributed by atoms with E-state index in [0.29, 0.717) is 39.5 Å². The van der Waals surface area contributed by atoms with E-state index in [1.165, 1.54) is 34.3 Å². The van der Waals surface area contributed by atoms with Gasteiger partial charge in [0.2, 0.25) is 5.75 Å². The Balaban J connectivity index is 2.29. The van der Waals surface area contributed by atoms with Crippen molar-refractivity contribution in [3.8, 4) is 17.2 Å². The predicted molar refractivity (Wildman–Crippen MR) is 110 cm³/mol. The van der Waals surface area contributed by atoms with E-state index in [1.54, 1.807) is 25.1 Å². The quantitative estimate of drug-likeness (QED) is 0.715. The van der Waals surface area contributed by atoms with Gasteiger partial charge in [0.25, 0.3) is 0 Å². The van der Waals surface area contributed by atoms with Crippen molar-refractivity contribution in [1.82, 2.24) is 0 Å². The van der Waals surface area contributed by atoms with E-state index in [4.69, 9.17) is 14.2 Å². The van der Waals surface area contributed by atoms with Crippen molar-refractivity contribution in [2.75, 3.05) is 21.3 Å². The number of allylic oxidation sites excluding steroid dienone is 2. The maximum absolute atomic E-state index is 14.8. The summed E-state index contributed by atoms with van der Waals surface area (Å²) in [6.07, 6.45) is 1.70. The Hall–Kier alpha value is -3.35. The minimum Gasteiger partial charge on any atom is -0.493 e. The molecule has 3 rings (SSSR count). The standard InChI is InChI=1S/C23H22F2O5/c1-11-15(6-13-7-18(28-3)22(30-5)19(8-13)29-4)21-16(9-14(24)10-17(21)25)20(11)12(2)23(26)27/h6-10,12H,1-5H3,(H,26,27). The van der Waals surface area contributed by atoms with Gasteiger partial charge in [0.1, 0.15) is 11.6 Å². The van der Waals surface area contributed by atoms with Gasteiger partial charge in [-0.1, -0.05) is 0 Å². The molecule has 0 aliphatic heterocycles. The molecule has 1 aliphatic rings. The second-order valence-electron chi connectivity index (χ2n) is 6.93. The predicted octanol–water partition coefficient (Wildman–Crippen LogP) is 5.04. The number of methoxy groups -OCH3 is 3. The largest absolute Gasteiger partial charge is 0.493 e. The van der Waals surface area contributed by atoms with E-state index in [-0.39, 0.29) is 11.1 Å². The molecule has 0 amide bonds. The highest BCUT2D eigenvalue weighted by Crippen LogP contribution is 2.47. The third kappa shape index (κ3) is 3.51. The summed E-state index contributed by atoms with van der Waals surface area (Å²) in [5, 5.41) is 9.51. The summed E-state index contributed by atoms with van der Waals surface area (Å²) < 4.78 is 44.8. The highest BCUT2D eigenvalue weighted by atomic mass is 19.1. The molecular formula is C23H22F2O5. The van der Waals surface area contributed by atoms with Crippen LogP contribution in [0.5, 0.6) is 17.2 Å². The highest BCUT2D eigenvalue weighted by Gasteiger charge is 2.33. The van der Waals surface area contributed by atoms with Gasteiger partial charge in [-0.05, 0) is 66.0 Å². The van der Waals surface area contributed by atoms with Gasteiger partial charge in [-0.2, -0.15) is 0 Å². The normalized spacial score (nSPS) is 15.2. The number of carboxylic acids is 1. The molecule has 7 heteroatoms. The van der Waals surface area contributed by atoms with Crippen molar-refractivity contribution >= 4 is 23.2 Å². The topological polar surface area (TPSA) is 65.0 Å². The van der Waals surface area contributed by atoms with E-state index in [0.717, 1.165) is 6.07 Å². The Labute approximate surface area is 173 Å². The molecule has 158 valence electrons. The van der Waals surface area contributed by atoms with Crippen molar-refractivity contribution < 1.29 is 32.9 Å². The summed E-state index contributed by atoms with van der Waals surface area (Å²) in [5.74, 6) is -2.28. The zero-order valence-electron chi connectivity index (χ0n) is 17.3. The molecule has 1 atom stereocenters. The number of aliphatic carboxylic acids is 1. The van der Waals surface area contributed by atoms with Crippen LogP contribution in [0.1, 0.15) is 30.5 Å². The molecule has 0 aromatic heterocycles. The molecule has 0 bridgehead atoms. The van der Waals surface area contributed by atoms with Crippen molar-refractivity contribution in [1.29, 1.82) is 0 Å². The van der Waals surface area contributed by atoms with Crippen molar-refractivity contribution in [2.24, 2.45) is 5.92 Å². The fourth-order valence-corrected chi connectivity index (χ4v) is 3.81. The minimum absolute atomic E-state index is 0.172. The number of carbonyl (C=O) groups is 1. The molecular weight excluding hydrogens is 394 g/mol. The summed E-state index contributed by atoms with van der Waals surface area (Å²) in [6.45, 7) is 3.20. The second-order valence-corrected chi connectivity index (χ2v) is 6.93. The number of fused-ring (bicyclic) bond motifs is 1. The Bertz CT molecular complexity index is 1060. The number of halogens is 2. The third-order valence-electron chi connectivity index (χ3n) is 5.22. The lowest BCUT2D eigenvalue weighted by Crippen LogP contribution is -2.11. The van der Waals surface area contributed by atoms with Crippen LogP contribution in [-0.4, -0.2) is 32.4 Å². The first-order valence-electron chi connectivity index (χ1n) is 9.18. The third-order valence-corrected chi connectivity index (χ3v) is 5.22. The van der Waals surface area contributed by atoms with Crippen LogP contribution in [0.3, 0.4) is 0 Å². The summed E-state index contributed by atoms with van der Waals surface area (Å²) in [4.78, 5) is 11.6. The van der Waals surface area contributed by atoms with Crippen LogP contribution in [0, 0.1) is 17.6 Å². The van der Waals surface area contributed by atoms with Crippen molar-refractivity contribution in [3.63, 3.8) is 0 Å². The maximum Gasteiger partial charge on any atom is 0.310 e. The van der Waals surface area contributed by atoms with Crippen LogP contribution in [-0.2, 0) is 4.79 Å². The summed E-state index contributed by atoms with van der Waals surface area (Å²) in [7, 11) is 4.46. The van der Waals surface area contributed by atoms with E-state index < -0.39 is 23.5 Å². The molecule has 0 heterocycles. The highest BCUT2D eigenvalue weighted by molar-refractivity contribution is 6.08. The Kier molecular flexibility index (Phi) is 5.82. The Morgan fingerprint density at radius 2 is 1.63 bits per heavy atom. The number of carboxylic acid groups (broad SMARTS) is 1. The smallest absolute Gasteiger partial charge is 0.310 e. The molecule has 0 radical (unpaired) electrons. The maximum atomic E-state index is 14.8. The van der Waals surface area contributed by atoms with Crippen molar-refractivity contribution in [3.05, 3.63) is 58.2 Å². The van der Waals surface area contributed by atoms with Gasteiger partial charge in [0.05, 0.1) is 27.2 Å². The van der Waals surface area contributed by atoms with E-state index in [2.05, 4.69) is 0 Å². The lowest BCUT2D eigenvalue weighted by molar-refractivity contribution is -0.139. The first-order chi connectivity index (χ1) is 14.2. The fourth-order valence-electron chi connectivity index (χ4n) is 3.81. The Morgan fingerprint density at radius 3 is 2.13 bits per heavy atom. The SMILES string of the molecule is COc1cc(C=C2C(C)=C(C(C)C(=O)O)c3cc(F)cc(F)c32)cc(OC)c1OC. The molecule has 0 saturated heterocycles. The van der Waals surface area contributed by atoms with Crippen LogP contribution in [0.15, 0.2) is 29.8 Å². The molecule has 1 aliphatic carbocycles. The monoisotopic (exact) mass is 416 g/mol. The van der Waals surface area contributed by atoms with E-state index in [9.17, 15) is 18.7 Å². The number of hydrogen-bond donors (Lipinski definition) is 1. The zero-order chi connectivity index (χ0) is 22.2. The summed E-state index contributed by atoms with van der Waals surface area (Å²) >= 11 is 0. The van der Waals surface area contributed by atoms with Gasteiger partial charge in [0, 0.05) is 11.6 Å². The summed E-state index contributed by atoms with van der Waals surface area (Å²) in [6, 6.07) is 5.36. The first kappa shape index (κ1) is 21.4. The molecule has 1 unspecified atom stereocenters. The molecule has 0 fully saturated rings. The van der Waals surface area contributed by atoms with Gasteiger partial charge in [-0.3, -0.25) is 4.79 Å². The second kappa shape index (κ2) is 8.18. The molecule has 0 saturated carbocycles. The van der Waals surface area contributed by atoms with Crippen LogP contribution in [0.25, 0.3) is 17.2 Å². The molecule has 30 heavy (non-hydrogen) atoms. The van der Waals surface area contributed by atoms with Crippen LogP contribution in [0.2, 0.25) is 0 Å². The molecule has 0 spiro atoms. The average Bonchev–Trinajstić information content (AvgIpc) is 2.97. The Morgan fingerprint density at radius 1 is 1.03 bits per heavy atom. The zero-order valence-corrected chi connectivity index (χ0v) is 17.3. The van der Waals surface area contributed by atoms with Crippen LogP contribution >= 0.6 is 0 Å². The summed E-state index contributed by atoms with van der Waals surface area (Å²) in [5.41, 5.74) is 2.47. The van der Waals surface area contributed by atoms with Gasteiger partial charge < -0.3 is 19.3 Å². The number of hydrogen-bond acceptors (Lipinski definition) is 4. The van der Waals surface area contributed by atoms with Crippen molar-refractivity contribution in [2.45, 2.75) is 13.8 Å². The van der Waals surface area contributed by atoms with Gasteiger partial charge in [-0.15, -0.1) is 0 Å². The van der Waals surface area contributed by atoms with Gasteiger partial charge in [-0.25, -0.2) is 8.78 Å². The lowest BCUT2D eigenvalue weighted by Gasteiger charge is -2.13.